The van der Waals surface area contributed by atoms with Gasteiger partial charge in [0, 0.05) is 11.3 Å². The molecular weight excluding hydrogens is 376 g/mol. The fourth-order valence-corrected chi connectivity index (χ4v) is 3.66. The van der Waals surface area contributed by atoms with E-state index in [9.17, 15) is 14.4 Å². The van der Waals surface area contributed by atoms with Gasteiger partial charge in [0.05, 0.1) is 12.2 Å². The largest absolute Gasteiger partial charge is 0.462 e. The molecule has 0 saturated carbocycles. The lowest BCUT2D eigenvalue weighted by Gasteiger charge is -2.36. The van der Waals surface area contributed by atoms with E-state index < -0.39 is 28.9 Å². The molecule has 8 nitrogen and oxygen atoms in total. The Kier molecular flexibility index (Phi) is 4.90. The second-order valence-corrected chi connectivity index (χ2v) is 7.76. The average molecular weight is 400 g/mol. The highest BCUT2D eigenvalue weighted by molar-refractivity contribution is 6.17. The van der Waals surface area contributed by atoms with E-state index in [2.05, 4.69) is 5.32 Å². The van der Waals surface area contributed by atoms with Gasteiger partial charge in [-0.2, -0.15) is 0 Å². The van der Waals surface area contributed by atoms with Crippen LogP contribution >= 0.6 is 0 Å². The SMILES string of the molecule is CCOC(=O)C1=C(N)Oc2ccccc2[C@@]12C(=O)NC(C)=C2C(=O)OC(C)(C)C. The molecule has 0 saturated heterocycles. The van der Waals surface area contributed by atoms with Crippen molar-refractivity contribution in [1.82, 2.24) is 5.32 Å². The van der Waals surface area contributed by atoms with Crippen molar-refractivity contribution in [2.75, 3.05) is 6.61 Å². The molecule has 0 aromatic heterocycles. The van der Waals surface area contributed by atoms with Crippen LogP contribution < -0.4 is 15.8 Å². The second kappa shape index (κ2) is 6.95. The standard InChI is InChI=1S/C21H24N2O6/c1-6-27-17(24)15-16(22)28-13-10-8-7-9-12(13)21(15)14(11(2)23-19(21)26)18(25)29-20(3,4)5/h7-10H,6,22H2,1-5H3,(H,23,26)/t21-/m0/s1. The molecule has 0 fully saturated rings. The van der Waals surface area contributed by atoms with E-state index in [0.717, 1.165) is 0 Å². The quantitative estimate of drug-likeness (QED) is 0.743. The minimum absolute atomic E-state index is 0.0146. The van der Waals surface area contributed by atoms with E-state index in [4.69, 9.17) is 19.9 Å². The van der Waals surface area contributed by atoms with Crippen LogP contribution in [0.25, 0.3) is 0 Å². The number of benzene rings is 1. The van der Waals surface area contributed by atoms with Crippen LogP contribution in [0.15, 0.2) is 47.0 Å². The van der Waals surface area contributed by atoms with Crippen molar-refractivity contribution in [2.45, 2.75) is 45.6 Å². The molecule has 0 aliphatic carbocycles. The molecule has 0 unspecified atom stereocenters. The van der Waals surface area contributed by atoms with Gasteiger partial charge in [-0.3, -0.25) is 4.79 Å². The first kappa shape index (κ1) is 20.4. The number of hydrogen-bond donors (Lipinski definition) is 2. The third-order valence-electron chi connectivity index (χ3n) is 4.61. The summed E-state index contributed by atoms with van der Waals surface area (Å²) in [6, 6.07) is 6.61. The summed E-state index contributed by atoms with van der Waals surface area (Å²) in [5.41, 5.74) is 3.75. The van der Waals surface area contributed by atoms with Crippen molar-refractivity contribution in [3.63, 3.8) is 0 Å². The van der Waals surface area contributed by atoms with E-state index in [0.29, 0.717) is 5.56 Å². The van der Waals surface area contributed by atoms with Crippen LogP contribution in [-0.4, -0.2) is 30.1 Å². The summed E-state index contributed by atoms with van der Waals surface area (Å²) >= 11 is 0. The summed E-state index contributed by atoms with van der Waals surface area (Å²) in [4.78, 5) is 39.5. The Balaban J connectivity index is 2.34. The topological polar surface area (TPSA) is 117 Å². The Bertz CT molecular complexity index is 970. The predicted molar refractivity (Wildman–Crippen MR) is 103 cm³/mol. The van der Waals surface area contributed by atoms with Gasteiger partial charge in [0.15, 0.2) is 0 Å². The van der Waals surface area contributed by atoms with Crippen molar-refractivity contribution < 1.29 is 28.6 Å². The number of hydrogen-bond acceptors (Lipinski definition) is 7. The molecule has 0 radical (unpaired) electrons. The van der Waals surface area contributed by atoms with Crippen LogP contribution in [0.3, 0.4) is 0 Å². The zero-order chi connectivity index (χ0) is 21.6. The fraction of sp³-hybridized carbons (Fsp3) is 0.381. The lowest BCUT2D eigenvalue weighted by molar-refractivity contribution is -0.151. The van der Waals surface area contributed by atoms with E-state index >= 15 is 0 Å². The molecule has 2 heterocycles. The molecule has 2 aliphatic rings. The Morgan fingerprint density at radius 3 is 2.45 bits per heavy atom. The van der Waals surface area contributed by atoms with Crippen molar-refractivity contribution in [2.24, 2.45) is 5.73 Å². The fourth-order valence-electron chi connectivity index (χ4n) is 3.66. The van der Waals surface area contributed by atoms with E-state index in [1.165, 1.54) is 0 Å². The van der Waals surface area contributed by atoms with Crippen LogP contribution in [0, 0.1) is 0 Å². The average Bonchev–Trinajstić information content (AvgIpc) is 2.84. The Labute approximate surface area is 168 Å². The highest BCUT2D eigenvalue weighted by Gasteiger charge is 2.61. The smallest absolute Gasteiger partial charge is 0.341 e. The molecule has 8 heteroatoms. The predicted octanol–water partition coefficient (Wildman–Crippen LogP) is 1.80. The number of nitrogens with one attached hydrogen (secondary N) is 1. The van der Waals surface area contributed by atoms with Crippen LogP contribution in [-0.2, 0) is 29.3 Å². The first-order valence-corrected chi connectivity index (χ1v) is 9.24. The minimum atomic E-state index is -1.84. The van der Waals surface area contributed by atoms with Gasteiger partial charge in [0.1, 0.15) is 22.3 Å². The minimum Gasteiger partial charge on any atom is -0.462 e. The number of amides is 1. The molecule has 1 amide bonds. The number of ether oxygens (including phenoxy) is 3. The van der Waals surface area contributed by atoms with Crippen molar-refractivity contribution in [1.29, 1.82) is 0 Å². The monoisotopic (exact) mass is 400 g/mol. The van der Waals surface area contributed by atoms with E-state index in [1.807, 2.05) is 0 Å². The van der Waals surface area contributed by atoms with Gasteiger partial charge in [0.2, 0.25) is 11.8 Å². The normalized spacial score (nSPS) is 20.9. The first-order valence-electron chi connectivity index (χ1n) is 9.24. The highest BCUT2D eigenvalue weighted by Crippen LogP contribution is 2.51. The van der Waals surface area contributed by atoms with Crippen LogP contribution in [0.1, 0.15) is 40.2 Å². The molecule has 1 aromatic rings. The van der Waals surface area contributed by atoms with E-state index in [-0.39, 0.29) is 35.1 Å². The molecule has 1 aromatic carbocycles. The maximum Gasteiger partial charge on any atom is 0.341 e. The third kappa shape index (κ3) is 3.14. The van der Waals surface area contributed by atoms with E-state index in [1.54, 1.807) is 58.9 Å². The number of carbonyl (C=O) groups excluding carboxylic acids is 3. The van der Waals surface area contributed by atoms with Crippen LogP contribution in [0.4, 0.5) is 0 Å². The van der Waals surface area contributed by atoms with Gasteiger partial charge in [0.25, 0.3) is 0 Å². The second-order valence-electron chi connectivity index (χ2n) is 7.76. The van der Waals surface area contributed by atoms with Crippen molar-refractivity contribution in [3.05, 3.63) is 52.6 Å². The van der Waals surface area contributed by atoms with Crippen LogP contribution in [0.2, 0.25) is 0 Å². The molecule has 2 aliphatic heterocycles. The first-order chi connectivity index (χ1) is 13.5. The maximum atomic E-state index is 13.4. The summed E-state index contributed by atoms with van der Waals surface area (Å²) in [5, 5.41) is 2.67. The van der Waals surface area contributed by atoms with Crippen molar-refractivity contribution >= 4 is 17.8 Å². The summed E-state index contributed by atoms with van der Waals surface area (Å²) in [7, 11) is 0. The molecule has 3 N–H and O–H groups in total. The lowest BCUT2D eigenvalue weighted by Crippen LogP contribution is -2.49. The Morgan fingerprint density at radius 1 is 1.17 bits per heavy atom. The summed E-state index contributed by atoms with van der Waals surface area (Å²) in [6.07, 6.45) is 0. The van der Waals surface area contributed by atoms with Crippen molar-refractivity contribution in [3.8, 4) is 5.75 Å². The lowest BCUT2D eigenvalue weighted by atomic mass is 9.67. The number of fused-ring (bicyclic) bond motifs is 2. The zero-order valence-electron chi connectivity index (χ0n) is 17.0. The molecule has 0 bridgehead atoms. The summed E-state index contributed by atoms with van der Waals surface area (Å²) in [6.45, 7) is 8.40. The number of carbonyl (C=O) groups is 3. The van der Waals surface area contributed by atoms with Gasteiger partial charge in [-0.15, -0.1) is 0 Å². The molecule has 154 valence electrons. The number of esters is 2. The maximum absolute atomic E-state index is 13.4. The Morgan fingerprint density at radius 2 is 1.83 bits per heavy atom. The summed E-state index contributed by atoms with van der Waals surface area (Å²) < 4.78 is 16.3. The van der Waals surface area contributed by atoms with Gasteiger partial charge < -0.3 is 25.3 Å². The summed E-state index contributed by atoms with van der Waals surface area (Å²) in [5.74, 6) is -2.21. The van der Waals surface area contributed by atoms with Crippen LogP contribution in [0.5, 0.6) is 5.75 Å². The number of rotatable bonds is 3. The molecule has 1 spiro atoms. The molecule has 1 atom stereocenters. The van der Waals surface area contributed by atoms with Gasteiger partial charge in [-0.1, -0.05) is 18.2 Å². The Hall–Kier alpha value is -3.29. The molecule has 29 heavy (non-hydrogen) atoms. The van der Waals surface area contributed by atoms with Gasteiger partial charge in [-0.05, 0) is 40.7 Å². The third-order valence-corrected chi connectivity index (χ3v) is 4.61. The molecular formula is C21H24N2O6. The zero-order valence-corrected chi connectivity index (χ0v) is 17.0. The van der Waals surface area contributed by atoms with Gasteiger partial charge in [-0.25, -0.2) is 9.59 Å². The number of allylic oxidation sites excluding steroid dienone is 1. The number of para-hydroxylation sites is 1. The highest BCUT2D eigenvalue weighted by atomic mass is 16.6. The number of nitrogens with two attached hydrogens (primary N) is 1. The molecule has 3 rings (SSSR count). The van der Waals surface area contributed by atoms with Gasteiger partial charge >= 0.3 is 11.9 Å².